The number of rotatable bonds is 5. The van der Waals surface area contributed by atoms with Gasteiger partial charge >= 0.3 is 6.18 Å². The fourth-order valence-corrected chi connectivity index (χ4v) is 2.56. The normalized spacial score (nSPS) is 20.2. The quantitative estimate of drug-likeness (QED) is 0.669. The monoisotopic (exact) mass is 371 g/mol. The molecule has 1 aliphatic rings. The van der Waals surface area contributed by atoms with Crippen LogP contribution in [0.3, 0.4) is 0 Å². The van der Waals surface area contributed by atoms with E-state index in [-0.39, 0.29) is 23.0 Å². The Labute approximate surface area is 143 Å². The molecule has 0 bridgehead atoms. The highest BCUT2D eigenvalue weighted by atomic mass is 19.4. The number of anilines is 1. The molecular formula is C14H13F4N7O. The number of aromatic nitrogens is 6. The standard InChI is InChI=1S/C14H13F4N7O/c15-8-1-2-9(8)22-13-23-12-11(26-5-14(16,17)18)10(7-3-20-21-4-7)19-6-25(12)24-13/h3-4,6,8-9H,1-2,5H2,(H,20,21)(H,22,24)/t8-,9+/m0/s1. The van der Waals surface area contributed by atoms with Crippen LogP contribution < -0.4 is 10.1 Å². The number of H-pyrrole nitrogens is 1. The highest BCUT2D eigenvalue weighted by molar-refractivity contribution is 5.73. The topological polar surface area (TPSA) is 93.0 Å². The number of hydrogen-bond donors (Lipinski definition) is 2. The first-order valence-electron chi connectivity index (χ1n) is 7.75. The second-order valence-electron chi connectivity index (χ2n) is 5.86. The summed E-state index contributed by atoms with van der Waals surface area (Å²) in [5.41, 5.74) is 0.615. The van der Waals surface area contributed by atoms with E-state index in [9.17, 15) is 17.6 Å². The number of fused-ring (bicyclic) bond motifs is 1. The predicted molar refractivity (Wildman–Crippen MR) is 81.5 cm³/mol. The molecule has 0 aromatic carbocycles. The summed E-state index contributed by atoms with van der Waals surface area (Å²) in [6, 6.07) is -0.409. The number of hydrogen-bond acceptors (Lipinski definition) is 6. The highest BCUT2D eigenvalue weighted by Crippen LogP contribution is 2.33. The van der Waals surface area contributed by atoms with Crippen molar-refractivity contribution in [1.82, 2.24) is 29.8 Å². The van der Waals surface area contributed by atoms with Crippen molar-refractivity contribution in [3.05, 3.63) is 18.7 Å². The van der Waals surface area contributed by atoms with Gasteiger partial charge in [-0.2, -0.15) is 27.8 Å². The molecule has 3 aromatic rings. The second-order valence-corrected chi connectivity index (χ2v) is 5.86. The molecule has 12 heteroatoms. The van der Waals surface area contributed by atoms with Gasteiger partial charge in [0.25, 0.3) is 0 Å². The summed E-state index contributed by atoms with van der Waals surface area (Å²) >= 11 is 0. The van der Waals surface area contributed by atoms with Crippen LogP contribution in [0.15, 0.2) is 18.7 Å². The van der Waals surface area contributed by atoms with E-state index in [1.54, 1.807) is 0 Å². The van der Waals surface area contributed by atoms with Crippen LogP contribution in [-0.4, -0.2) is 54.8 Å². The molecule has 0 amide bonds. The molecule has 1 fully saturated rings. The van der Waals surface area contributed by atoms with Crippen LogP contribution in [0.2, 0.25) is 0 Å². The first-order valence-corrected chi connectivity index (χ1v) is 7.75. The van der Waals surface area contributed by atoms with Crippen molar-refractivity contribution in [2.45, 2.75) is 31.2 Å². The van der Waals surface area contributed by atoms with Gasteiger partial charge in [-0.05, 0) is 12.8 Å². The Morgan fingerprint density at radius 3 is 2.81 bits per heavy atom. The Balaban J connectivity index is 1.73. The van der Waals surface area contributed by atoms with Crippen LogP contribution in [0.25, 0.3) is 16.9 Å². The van der Waals surface area contributed by atoms with E-state index in [4.69, 9.17) is 4.74 Å². The van der Waals surface area contributed by atoms with Gasteiger partial charge in [-0.3, -0.25) is 5.10 Å². The van der Waals surface area contributed by atoms with Crippen molar-refractivity contribution >= 4 is 11.6 Å². The van der Waals surface area contributed by atoms with Gasteiger partial charge in [-0.15, -0.1) is 5.10 Å². The van der Waals surface area contributed by atoms with Gasteiger partial charge in [-0.25, -0.2) is 9.37 Å². The molecule has 8 nitrogen and oxygen atoms in total. The van der Waals surface area contributed by atoms with Crippen LogP contribution >= 0.6 is 0 Å². The van der Waals surface area contributed by atoms with Gasteiger partial charge in [0.2, 0.25) is 11.6 Å². The maximum atomic E-state index is 13.4. The Morgan fingerprint density at radius 1 is 1.35 bits per heavy atom. The number of aromatic amines is 1. The predicted octanol–water partition coefficient (Wildman–Crippen LogP) is 2.37. The third-order valence-electron chi connectivity index (χ3n) is 4.00. The second kappa shape index (κ2) is 6.11. The van der Waals surface area contributed by atoms with Crippen LogP contribution in [0.5, 0.6) is 5.75 Å². The van der Waals surface area contributed by atoms with Crippen LogP contribution in [0.1, 0.15) is 12.8 Å². The summed E-state index contributed by atoms with van der Waals surface area (Å²) < 4.78 is 57.4. The van der Waals surface area contributed by atoms with E-state index in [0.717, 1.165) is 0 Å². The van der Waals surface area contributed by atoms with Gasteiger partial charge in [0.05, 0.1) is 12.2 Å². The number of nitrogens with zero attached hydrogens (tertiary/aromatic N) is 5. The highest BCUT2D eigenvalue weighted by Gasteiger charge is 2.32. The van der Waals surface area contributed by atoms with Crippen molar-refractivity contribution in [1.29, 1.82) is 0 Å². The van der Waals surface area contributed by atoms with E-state index in [2.05, 4.69) is 30.6 Å². The zero-order chi connectivity index (χ0) is 18.3. The van der Waals surface area contributed by atoms with Crippen LogP contribution in [0.4, 0.5) is 23.5 Å². The van der Waals surface area contributed by atoms with Gasteiger partial charge in [0, 0.05) is 11.8 Å². The average Bonchev–Trinajstić information content (AvgIpc) is 3.24. The SMILES string of the molecule is F[C@H]1CC[C@H]1Nc1nc2c(OCC(F)(F)F)c(-c3cn[nH]c3)ncn2n1. The van der Waals surface area contributed by atoms with Gasteiger partial charge in [0.15, 0.2) is 12.4 Å². The van der Waals surface area contributed by atoms with Gasteiger partial charge in [-0.1, -0.05) is 0 Å². The molecule has 4 rings (SSSR count). The molecule has 0 spiro atoms. The minimum Gasteiger partial charge on any atom is -0.478 e. The lowest BCUT2D eigenvalue weighted by Gasteiger charge is -2.30. The fraction of sp³-hybridized carbons (Fsp3) is 0.429. The number of nitrogens with one attached hydrogen (secondary N) is 2. The lowest BCUT2D eigenvalue weighted by atomic mass is 9.91. The largest absolute Gasteiger partial charge is 0.478 e. The average molecular weight is 371 g/mol. The van der Waals surface area contributed by atoms with Gasteiger partial charge in [0.1, 0.15) is 18.2 Å². The molecule has 26 heavy (non-hydrogen) atoms. The summed E-state index contributed by atoms with van der Waals surface area (Å²) in [4.78, 5) is 8.25. The van der Waals surface area contributed by atoms with Crippen molar-refractivity contribution < 1.29 is 22.3 Å². The molecule has 0 saturated heterocycles. The van der Waals surface area contributed by atoms with E-state index in [1.165, 1.54) is 23.2 Å². The van der Waals surface area contributed by atoms with Crippen LogP contribution in [-0.2, 0) is 0 Å². The lowest BCUT2D eigenvalue weighted by molar-refractivity contribution is -0.153. The molecule has 0 aliphatic heterocycles. The third kappa shape index (κ3) is 3.13. The summed E-state index contributed by atoms with van der Waals surface area (Å²) in [7, 11) is 0. The fourth-order valence-electron chi connectivity index (χ4n) is 2.56. The summed E-state index contributed by atoms with van der Waals surface area (Å²) in [5, 5.41) is 13.2. The van der Waals surface area contributed by atoms with Crippen molar-refractivity contribution in [3.8, 4) is 17.0 Å². The molecule has 0 radical (unpaired) electrons. The molecule has 138 valence electrons. The molecule has 2 N–H and O–H groups in total. The molecule has 2 atom stereocenters. The molecule has 1 saturated carbocycles. The Morgan fingerprint density at radius 2 is 2.19 bits per heavy atom. The minimum absolute atomic E-state index is 0.0395. The number of alkyl halides is 4. The molecular weight excluding hydrogens is 358 g/mol. The van der Waals surface area contributed by atoms with E-state index >= 15 is 0 Å². The zero-order valence-corrected chi connectivity index (χ0v) is 13.2. The number of halogens is 4. The van der Waals surface area contributed by atoms with Gasteiger partial charge < -0.3 is 10.1 Å². The molecule has 0 unspecified atom stereocenters. The number of ether oxygens (including phenoxy) is 1. The first-order chi connectivity index (χ1) is 12.4. The molecule has 3 aromatic heterocycles. The Hall–Kier alpha value is -2.92. The lowest BCUT2D eigenvalue weighted by Crippen LogP contribution is -2.40. The zero-order valence-electron chi connectivity index (χ0n) is 13.2. The third-order valence-corrected chi connectivity index (χ3v) is 4.00. The summed E-state index contributed by atoms with van der Waals surface area (Å²) in [5.74, 6) is -0.0856. The van der Waals surface area contributed by atoms with Crippen LogP contribution in [0, 0.1) is 0 Å². The van der Waals surface area contributed by atoms with E-state index in [1.807, 2.05) is 0 Å². The Kier molecular flexibility index (Phi) is 3.89. The van der Waals surface area contributed by atoms with Crippen molar-refractivity contribution in [3.63, 3.8) is 0 Å². The van der Waals surface area contributed by atoms with E-state index in [0.29, 0.717) is 18.4 Å². The smallest absolute Gasteiger partial charge is 0.422 e. The summed E-state index contributed by atoms with van der Waals surface area (Å²) in [6.45, 7) is -1.51. The minimum atomic E-state index is -4.53. The first kappa shape index (κ1) is 16.5. The van der Waals surface area contributed by atoms with Crippen molar-refractivity contribution in [2.75, 3.05) is 11.9 Å². The molecule has 3 heterocycles. The maximum absolute atomic E-state index is 13.4. The maximum Gasteiger partial charge on any atom is 0.422 e. The Bertz CT molecular complexity index is 908. The van der Waals surface area contributed by atoms with E-state index < -0.39 is 25.0 Å². The summed E-state index contributed by atoms with van der Waals surface area (Å²) in [6.07, 6.45) is -0.279. The molecule has 1 aliphatic carbocycles. The van der Waals surface area contributed by atoms with Crippen molar-refractivity contribution in [2.24, 2.45) is 0 Å².